The Hall–Kier alpha value is -1.74. The summed E-state index contributed by atoms with van der Waals surface area (Å²) in [6.07, 6.45) is 6.39. The molecule has 2 aromatic rings. The van der Waals surface area contributed by atoms with E-state index >= 15 is 0 Å². The van der Waals surface area contributed by atoms with Crippen LogP contribution in [0.4, 0.5) is 0 Å². The van der Waals surface area contributed by atoms with E-state index in [4.69, 9.17) is 0 Å². The average molecular weight is 295 g/mol. The van der Waals surface area contributed by atoms with Gasteiger partial charge in [0.15, 0.2) is 0 Å². The smallest absolute Gasteiger partial charge is 0.0727 e. The Morgan fingerprint density at radius 3 is 2.32 bits per heavy atom. The molecular weight excluding hydrogens is 270 g/mol. The Morgan fingerprint density at radius 2 is 1.77 bits per heavy atom. The third-order valence-corrected chi connectivity index (χ3v) is 4.29. The van der Waals surface area contributed by atoms with Gasteiger partial charge in [0.1, 0.15) is 0 Å². The molecule has 0 spiro atoms. The summed E-state index contributed by atoms with van der Waals surface area (Å²) in [6.45, 7) is 8.34. The van der Waals surface area contributed by atoms with Gasteiger partial charge in [-0.3, -0.25) is 14.9 Å². The first kappa shape index (κ1) is 15.2. The van der Waals surface area contributed by atoms with Gasteiger partial charge in [0.2, 0.25) is 0 Å². The second kappa shape index (κ2) is 6.57. The molecule has 0 radical (unpaired) electrons. The summed E-state index contributed by atoms with van der Waals surface area (Å²) >= 11 is 0. The molecule has 1 aliphatic rings. The van der Waals surface area contributed by atoms with E-state index in [1.54, 1.807) is 0 Å². The number of hydrogen-bond acceptors (Lipinski definition) is 3. The molecule has 1 fully saturated rings. The van der Waals surface area contributed by atoms with Crippen molar-refractivity contribution in [2.45, 2.75) is 58.7 Å². The van der Waals surface area contributed by atoms with Crippen molar-refractivity contribution in [2.24, 2.45) is 0 Å². The summed E-state index contributed by atoms with van der Waals surface area (Å²) in [6, 6.07) is 9.78. The normalized spacial score (nSPS) is 14.8. The number of aromatic nitrogens is 2. The molecular formula is C19H25N3. The molecule has 0 saturated heterocycles. The minimum Gasteiger partial charge on any atom is -0.290 e. The Morgan fingerprint density at radius 1 is 1.05 bits per heavy atom. The predicted octanol–water partition coefficient (Wildman–Crippen LogP) is 4.07. The first-order chi connectivity index (χ1) is 10.6. The number of rotatable bonds is 6. The first-order valence-corrected chi connectivity index (χ1v) is 8.22. The molecule has 0 atom stereocenters. The molecule has 3 rings (SSSR count). The van der Waals surface area contributed by atoms with E-state index in [1.807, 2.05) is 19.3 Å². The van der Waals surface area contributed by atoms with Gasteiger partial charge in [-0.2, -0.15) is 0 Å². The number of hydrogen-bond donors (Lipinski definition) is 0. The van der Waals surface area contributed by atoms with Gasteiger partial charge in [-0.1, -0.05) is 38.1 Å². The van der Waals surface area contributed by atoms with Crippen LogP contribution >= 0.6 is 0 Å². The Bertz CT molecular complexity index is 598. The van der Waals surface area contributed by atoms with Gasteiger partial charge in [-0.25, -0.2) is 0 Å². The van der Waals surface area contributed by atoms with Gasteiger partial charge in [0.25, 0.3) is 0 Å². The molecule has 1 heterocycles. The molecule has 22 heavy (non-hydrogen) atoms. The lowest BCUT2D eigenvalue weighted by Crippen LogP contribution is -2.25. The van der Waals surface area contributed by atoms with Crippen molar-refractivity contribution < 1.29 is 0 Å². The number of nitrogens with zero attached hydrogens (tertiary/aromatic N) is 3. The quantitative estimate of drug-likeness (QED) is 0.804. The summed E-state index contributed by atoms with van der Waals surface area (Å²) < 4.78 is 0. The van der Waals surface area contributed by atoms with Crippen molar-refractivity contribution >= 4 is 0 Å². The molecule has 1 aromatic heterocycles. The molecule has 1 aromatic carbocycles. The molecule has 3 heteroatoms. The van der Waals surface area contributed by atoms with Crippen LogP contribution in [0.15, 0.2) is 36.7 Å². The van der Waals surface area contributed by atoms with Gasteiger partial charge < -0.3 is 0 Å². The van der Waals surface area contributed by atoms with Crippen LogP contribution in [0.1, 0.15) is 55.1 Å². The van der Waals surface area contributed by atoms with Gasteiger partial charge in [0, 0.05) is 31.5 Å². The van der Waals surface area contributed by atoms with Crippen LogP contribution in [0.2, 0.25) is 0 Å². The summed E-state index contributed by atoms with van der Waals surface area (Å²) in [5.41, 5.74) is 4.84. The zero-order valence-electron chi connectivity index (χ0n) is 13.8. The van der Waals surface area contributed by atoms with E-state index in [0.717, 1.165) is 24.5 Å². The van der Waals surface area contributed by atoms with Crippen LogP contribution in [0.3, 0.4) is 0 Å². The van der Waals surface area contributed by atoms with Crippen LogP contribution in [0.5, 0.6) is 0 Å². The topological polar surface area (TPSA) is 29.0 Å². The van der Waals surface area contributed by atoms with Crippen molar-refractivity contribution in [2.75, 3.05) is 0 Å². The molecule has 0 N–H and O–H groups in total. The van der Waals surface area contributed by atoms with E-state index < -0.39 is 0 Å². The number of aryl methyl sites for hydroxylation is 1. The molecule has 1 aliphatic carbocycles. The standard InChI is InChI=1S/C19H25N3/c1-14(2)17-6-4-16(5-7-17)12-22(19-8-9-19)13-18-11-20-15(3)10-21-18/h4-7,10-11,14,19H,8-9,12-13H2,1-3H3. The summed E-state index contributed by atoms with van der Waals surface area (Å²) in [4.78, 5) is 11.4. The second-order valence-corrected chi connectivity index (χ2v) is 6.68. The van der Waals surface area contributed by atoms with Crippen LogP contribution < -0.4 is 0 Å². The van der Waals surface area contributed by atoms with Gasteiger partial charge >= 0.3 is 0 Å². The van der Waals surface area contributed by atoms with Crippen LogP contribution in [-0.2, 0) is 13.1 Å². The van der Waals surface area contributed by atoms with Crippen LogP contribution in [-0.4, -0.2) is 20.9 Å². The van der Waals surface area contributed by atoms with Crippen molar-refractivity contribution in [1.82, 2.24) is 14.9 Å². The van der Waals surface area contributed by atoms with Crippen molar-refractivity contribution in [3.63, 3.8) is 0 Å². The Balaban J connectivity index is 1.67. The van der Waals surface area contributed by atoms with Gasteiger partial charge in [-0.15, -0.1) is 0 Å². The predicted molar refractivity (Wildman–Crippen MR) is 89.6 cm³/mol. The van der Waals surface area contributed by atoms with Crippen molar-refractivity contribution in [3.05, 3.63) is 59.2 Å². The highest BCUT2D eigenvalue weighted by Gasteiger charge is 2.29. The van der Waals surface area contributed by atoms with E-state index in [2.05, 4.69) is 53.0 Å². The SMILES string of the molecule is Cc1cnc(CN(Cc2ccc(C(C)C)cc2)C2CC2)cn1. The van der Waals surface area contributed by atoms with Crippen LogP contribution in [0, 0.1) is 6.92 Å². The van der Waals surface area contributed by atoms with E-state index in [9.17, 15) is 0 Å². The van der Waals surface area contributed by atoms with E-state index in [0.29, 0.717) is 12.0 Å². The zero-order valence-corrected chi connectivity index (χ0v) is 13.8. The molecule has 1 saturated carbocycles. The maximum absolute atomic E-state index is 4.50. The molecule has 3 nitrogen and oxygen atoms in total. The van der Waals surface area contributed by atoms with Gasteiger partial charge in [-0.05, 0) is 36.8 Å². The lowest BCUT2D eigenvalue weighted by atomic mass is 10.0. The molecule has 0 bridgehead atoms. The highest BCUT2D eigenvalue weighted by molar-refractivity contribution is 5.24. The van der Waals surface area contributed by atoms with Gasteiger partial charge in [0.05, 0.1) is 11.4 Å². The van der Waals surface area contributed by atoms with Crippen molar-refractivity contribution in [3.8, 4) is 0 Å². The third kappa shape index (κ3) is 3.92. The molecule has 116 valence electrons. The molecule has 0 aliphatic heterocycles. The minimum atomic E-state index is 0.594. The summed E-state index contributed by atoms with van der Waals surface area (Å²) in [5, 5.41) is 0. The fraction of sp³-hybridized carbons (Fsp3) is 0.474. The van der Waals surface area contributed by atoms with E-state index in [-0.39, 0.29) is 0 Å². The second-order valence-electron chi connectivity index (χ2n) is 6.68. The Kier molecular flexibility index (Phi) is 4.53. The molecule has 0 amide bonds. The Labute approximate surface area is 133 Å². The lowest BCUT2D eigenvalue weighted by molar-refractivity contribution is 0.242. The fourth-order valence-electron chi connectivity index (χ4n) is 2.71. The summed E-state index contributed by atoms with van der Waals surface area (Å²) in [7, 11) is 0. The minimum absolute atomic E-state index is 0.594. The maximum Gasteiger partial charge on any atom is 0.0727 e. The number of benzene rings is 1. The molecule has 0 unspecified atom stereocenters. The summed E-state index contributed by atoms with van der Waals surface area (Å²) in [5.74, 6) is 0.594. The van der Waals surface area contributed by atoms with Crippen molar-refractivity contribution in [1.29, 1.82) is 0 Å². The highest BCUT2D eigenvalue weighted by atomic mass is 15.2. The fourth-order valence-corrected chi connectivity index (χ4v) is 2.71. The lowest BCUT2D eigenvalue weighted by Gasteiger charge is -2.22. The van der Waals surface area contributed by atoms with Crippen LogP contribution in [0.25, 0.3) is 0 Å². The first-order valence-electron chi connectivity index (χ1n) is 8.22. The third-order valence-electron chi connectivity index (χ3n) is 4.29. The monoisotopic (exact) mass is 295 g/mol. The maximum atomic E-state index is 4.50. The zero-order chi connectivity index (χ0) is 15.5. The van der Waals surface area contributed by atoms with E-state index in [1.165, 1.54) is 24.0 Å². The average Bonchev–Trinajstić information content (AvgIpc) is 3.34. The highest BCUT2D eigenvalue weighted by Crippen LogP contribution is 2.29. The largest absolute Gasteiger partial charge is 0.290 e.